The summed E-state index contributed by atoms with van der Waals surface area (Å²) in [6.07, 6.45) is 7.54. The highest BCUT2D eigenvalue weighted by molar-refractivity contribution is 8.01. The average molecular weight is 304 g/mol. The zero-order chi connectivity index (χ0) is 14.8. The van der Waals surface area contributed by atoms with Crippen LogP contribution in [0.5, 0.6) is 0 Å². The van der Waals surface area contributed by atoms with Crippen molar-refractivity contribution >= 4 is 23.5 Å². The van der Waals surface area contributed by atoms with Gasteiger partial charge in [0.05, 0.1) is 5.75 Å². The first-order chi connectivity index (χ1) is 10.1. The van der Waals surface area contributed by atoms with Crippen molar-refractivity contribution in [2.45, 2.75) is 43.8 Å². The summed E-state index contributed by atoms with van der Waals surface area (Å²) >= 11 is 1.21. The number of carboxylic acids is 1. The van der Waals surface area contributed by atoms with Gasteiger partial charge in [0.15, 0.2) is 5.78 Å². The van der Waals surface area contributed by atoms with Crippen LogP contribution in [0.15, 0.2) is 18.2 Å². The van der Waals surface area contributed by atoms with Crippen molar-refractivity contribution in [1.29, 1.82) is 0 Å². The number of carbonyl (C=O) groups is 2. The number of Topliss-reactive ketones (excluding diaryl/α,β-unsaturated/α-hetero) is 1. The molecule has 0 radical (unpaired) electrons. The number of benzene rings is 1. The van der Waals surface area contributed by atoms with Gasteiger partial charge in [-0.1, -0.05) is 44.2 Å². The van der Waals surface area contributed by atoms with E-state index in [1.54, 1.807) is 0 Å². The van der Waals surface area contributed by atoms with E-state index in [0.717, 1.165) is 12.3 Å². The Balaban J connectivity index is 1.83. The molecule has 1 aromatic carbocycles. The van der Waals surface area contributed by atoms with Crippen molar-refractivity contribution < 1.29 is 14.7 Å². The molecule has 1 heterocycles. The van der Waals surface area contributed by atoms with Crippen LogP contribution >= 0.6 is 11.8 Å². The number of thioether (sulfide) groups is 1. The summed E-state index contributed by atoms with van der Waals surface area (Å²) < 4.78 is 0. The van der Waals surface area contributed by atoms with Crippen molar-refractivity contribution in [2.75, 3.05) is 5.75 Å². The summed E-state index contributed by atoms with van der Waals surface area (Å²) in [6, 6.07) is 5.82. The van der Waals surface area contributed by atoms with Crippen LogP contribution in [0.4, 0.5) is 0 Å². The van der Waals surface area contributed by atoms with Crippen LogP contribution in [-0.2, 0) is 11.2 Å². The van der Waals surface area contributed by atoms with Gasteiger partial charge in [-0.05, 0) is 29.5 Å². The minimum atomic E-state index is -0.853. The molecule has 21 heavy (non-hydrogen) atoms. The van der Waals surface area contributed by atoms with Gasteiger partial charge in [0, 0.05) is 5.56 Å². The number of aliphatic carboxylic acids is 1. The molecule has 1 aromatic rings. The lowest BCUT2D eigenvalue weighted by Gasteiger charge is -2.24. The molecule has 1 fully saturated rings. The van der Waals surface area contributed by atoms with Gasteiger partial charge in [0.25, 0.3) is 0 Å². The Morgan fingerprint density at radius 1 is 1.24 bits per heavy atom. The Hall–Kier alpha value is -1.29. The van der Waals surface area contributed by atoms with Crippen molar-refractivity contribution in [3.8, 4) is 0 Å². The summed E-state index contributed by atoms with van der Waals surface area (Å²) in [4.78, 5) is 23.4. The highest BCUT2D eigenvalue weighted by Crippen LogP contribution is 2.38. The molecule has 2 aliphatic rings. The van der Waals surface area contributed by atoms with E-state index in [2.05, 4.69) is 0 Å². The lowest BCUT2D eigenvalue weighted by Crippen LogP contribution is -2.21. The normalized spacial score (nSPS) is 22.9. The first-order valence-corrected chi connectivity index (χ1v) is 8.70. The standard InChI is InChI=1S/C17H20O3S/c18-15-10-21-16(17(19)20)13-7-6-12(9-14(13)15)8-11-4-2-1-3-5-11/h6-7,9,11,16H,1-5,8,10H2,(H,19,20). The lowest BCUT2D eigenvalue weighted by molar-refractivity contribution is -0.136. The van der Waals surface area contributed by atoms with Gasteiger partial charge >= 0.3 is 5.97 Å². The van der Waals surface area contributed by atoms with Crippen LogP contribution in [0, 0.1) is 5.92 Å². The number of fused-ring (bicyclic) bond motifs is 1. The van der Waals surface area contributed by atoms with Crippen molar-refractivity contribution in [3.63, 3.8) is 0 Å². The van der Waals surface area contributed by atoms with Gasteiger partial charge in [0.1, 0.15) is 5.25 Å². The van der Waals surface area contributed by atoms with E-state index >= 15 is 0 Å². The van der Waals surface area contributed by atoms with Crippen LogP contribution in [0.2, 0.25) is 0 Å². The molecule has 4 heteroatoms. The van der Waals surface area contributed by atoms with Gasteiger partial charge < -0.3 is 5.11 Å². The van der Waals surface area contributed by atoms with Gasteiger partial charge in [0.2, 0.25) is 0 Å². The summed E-state index contributed by atoms with van der Waals surface area (Å²) in [5.74, 6) is 0.212. The molecule has 3 rings (SSSR count). The molecule has 0 bridgehead atoms. The summed E-state index contributed by atoms with van der Waals surface area (Å²) in [5.41, 5.74) is 2.50. The van der Waals surface area contributed by atoms with E-state index in [-0.39, 0.29) is 11.5 Å². The molecule has 112 valence electrons. The molecule has 0 saturated heterocycles. The third kappa shape index (κ3) is 3.15. The largest absolute Gasteiger partial charge is 0.480 e. The molecule has 0 amide bonds. The SMILES string of the molecule is O=C1CSC(C(=O)O)c2ccc(CC3CCCCC3)cc21. The summed E-state index contributed by atoms with van der Waals surface area (Å²) in [7, 11) is 0. The smallest absolute Gasteiger partial charge is 0.321 e. The fraction of sp³-hybridized carbons (Fsp3) is 0.529. The predicted molar refractivity (Wildman–Crippen MR) is 83.9 cm³/mol. The van der Waals surface area contributed by atoms with Gasteiger partial charge in [-0.25, -0.2) is 0 Å². The molecule has 1 aliphatic carbocycles. The molecule has 0 spiro atoms. The quantitative estimate of drug-likeness (QED) is 0.921. The number of carboxylic acid groups (broad SMARTS) is 1. The molecule has 1 unspecified atom stereocenters. The molecule has 1 aliphatic heterocycles. The maximum absolute atomic E-state index is 12.1. The first-order valence-electron chi connectivity index (χ1n) is 7.65. The fourth-order valence-electron chi connectivity index (χ4n) is 3.46. The number of rotatable bonds is 3. The maximum Gasteiger partial charge on any atom is 0.321 e. The van der Waals surface area contributed by atoms with Crippen molar-refractivity contribution in [3.05, 3.63) is 34.9 Å². The summed E-state index contributed by atoms with van der Waals surface area (Å²) in [5, 5.41) is 8.67. The molecule has 0 aromatic heterocycles. The minimum absolute atomic E-state index is 0.0676. The van der Waals surface area contributed by atoms with Crippen molar-refractivity contribution in [1.82, 2.24) is 0 Å². The second kappa shape index (κ2) is 6.22. The number of hydrogen-bond acceptors (Lipinski definition) is 3. The average Bonchev–Trinajstić information content (AvgIpc) is 2.49. The van der Waals surface area contributed by atoms with Crippen LogP contribution < -0.4 is 0 Å². The van der Waals surface area contributed by atoms with E-state index in [4.69, 9.17) is 0 Å². The fourth-order valence-corrected chi connectivity index (χ4v) is 4.46. The van der Waals surface area contributed by atoms with E-state index in [0.29, 0.717) is 11.1 Å². The first kappa shape index (κ1) is 14.6. The van der Waals surface area contributed by atoms with Crippen molar-refractivity contribution in [2.24, 2.45) is 5.92 Å². The predicted octanol–water partition coefficient (Wildman–Crippen LogP) is 3.86. The molecule has 1 saturated carbocycles. The Labute approximate surface area is 129 Å². The summed E-state index contributed by atoms with van der Waals surface area (Å²) in [6.45, 7) is 0. The monoisotopic (exact) mass is 304 g/mol. The Bertz CT molecular complexity index is 561. The van der Waals surface area contributed by atoms with E-state index in [1.807, 2.05) is 18.2 Å². The van der Waals surface area contributed by atoms with Gasteiger partial charge in [-0.2, -0.15) is 0 Å². The van der Waals surface area contributed by atoms with Crippen LogP contribution in [0.3, 0.4) is 0 Å². The van der Waals surface area contributed by atoms with Crippen LogP contribution in [-0.4, -0.2) is 22.6 Å². The van der Waals surface area contributed by atoms with Crippen LogP contribution in [0.1, 0.15) is 58.8 Å². The van der Waals surface area contributed by atoms with E-state index < -0.39 is 11.2 Å². The Morgan fingerprint density at radius 3 is 2.71 bits per heavy atom. The maximum atomic E-state index is 12.1. The molecule has 1 N–H and O–H groups in total. The minimum Gasteiger partial charge on any atom is -0.480 e. The highest BCUT2D eigenvalue weighted by atomic mass is 32.2. The second-order valence-electron chi connectivity index (χ2n) is 6.08. The number of ketones is 1. The zero-order valence-corrected chi connectivity index (χ0v) is 12.8. The Morgan fingerprint density at radius 2 is 2.00 bits per heavy atom. The van der Waals surface area contributed by atoms with E-state index in [9.17, 15) is 14.7 Å². The van der Waals surface area contributed by atoms with E-state index in [1.165, 1.54) is 49.4 Å². The molecular weight excluding hydrogens is 284 g/mol. The third-order valence-electron chi connectivity index (χ3n) is 4.56. The molecular formula is C17H20O3S. The lowest BCUT2D eigenvalue weighted by atomic mass is 9.84. The number of hydrogen-bond donors (Lipinski definition) is 1. The third-order valence-corrected chi connectivity index (χ3v) is 5.77. The topological polar surface area (TPSA) is 54.4 Å². The van der Waals surface area contributed by atoms with Crippen LogP contribution in [0.25, 0.3) is 0 Å². The number of carbonyl (C=O) groups excluding carboxylic acids is 1. The molecule has 3 nitrogen and oxygen atoms in total. The van der Waals surface area contributed by atoms with Gasteiger partial charge in [-0.3, -0.25) is 9.59 Å². The zero-order valence-electron chi connectivity index (χ0n) is 12.0. The highest BCUT2D eigenvalue weighted by Gasteiger charge is 2.31. The molecule has 1 atom stereocenters. The Kier molecular flexibility index (Phi) is 4.34. The second-order valence-corrected chi connectivity index (χ2v) is 7.18. The van der Waals surface area contributed by atoms with Gasteiger partial charge in [-0.15, -0.1) is 11.8 Å².